The number of nitrogens with zero attached hydrogens (tertiary/aromatic N) is 2. The fourth-order valence-electron chi connectivity index (χ4n) is 3.03. The summed E-state index contributed by atoms with van der Waals surface area (Å²) in [6.07, 6.45) is 3.62. The molecule has 3 heteroatoms. The van der Waals surface area contributed by atoms with Gasteiger partial charge in [-0.3, -0.25) is 9.78 Å². The molecule has 1 amide bonds. The molecule has 1 unspecified atom stereocenters. The summed E-state index contributed by atoms with van der Waals surface area (Å²) in [4.78, 5) is 18.7. The van der Waals surface area contributed by atoms with Crippen LogP contribution in [0.25, 0.3) is 0 Å². The Morgan fingerprint density at radius 2 is 1.95 bits per heavy atom. The molecule has 1 fully saturated rings. The van der Waals surface area contributed by atoms with Gasteiger partial charge in [-0.1, -0.05) is 38.1 Å². The van der Waals surface area contributed by atoms with Crippen molar-refractivity contribution < 1.29 is 4.79 Å². The first-order valence-corrected chi connectivity index (χ1v) is 6.85. The van der Waals surface area contributed by atoms with E-state index in [-0.39, 0.29) is 17.4 Å². The molecule has 1 aliphatic heterocycles. The summed E-state index contributed by atoms with van der Waals surface area (Å²) < 4.78 is 0. The third-order valence-electron chi connectivity index (χ3n) is 3.91. The Hall–Kier alpha value is -2.16. The average Bonchev–Trinajstić information content (AvgIpc) is 2.46. The maximum Gasteiger partial charge on any atom is 0.254 e. The van der Waals surface area contributed by atoms with Gasteiger partial charge in [0, 0.05) is 29.9 Å². The van der Waals surface area contributed by atoms with Crippen LogP contribution in [-0.4, -0.2) is 22.3 Å². The number of amides is 1. The van der Waals surface area contributed by atoms with Crippen molar-refractivity contribution in [2.45, 2.75) is 19.9 Å². The predicted octanol–water partition coefficient (Wildman–Crippen LogP) is 3.30. The lowest BCUT2D eigenvalue weighted by Gasteiger charge is -2.54. The van der Waals surface area contributed by atoms with Crippen LogP contribution in [0, 0.1) is 5.41 Å². The first kappa shape index (κ1) is 12.9. The summed E-state index contributed by atoms with van der Waals surface area (Å²) in [6.45, 7) is 5.17. The number of carbonyl (C=O) groups is 1. The van der Waals surface area contributed by atoms with Gasteiger partial charge >= 0.3 is 0 Å². The molecule has 0 bridgehead atoms. The summed E-state index contributed by atoms with van der Waals surface area (Å²) in [7, 11) is 0. The standard InChI is InChI=1S/C17H18N2O/c1-17(2)12-19(15(17)14-9-6-10-18-11-14)16(20)13-7-4-3-5-8-13/h3-11,15H,12H2,1-2H3. The van der Waals surface area contributed by atoms with Crippen molar-refractivity contribution in [3.63, 3.8) is 0 Å². The fourth-order valence-corrected chi connectivity index (χ4v) is 3.03. The van der Waals surface area contributed by atoms with Crippen molar-refractivity contribution in [3.8, 4) is 0 Å². The van der Waals surface area contributed by atoms with Crippen LogP contribution in [0.1, 0.15) is 35.8 Å². The van der Waals surface area contributed by atoms with Crippen LogP contribution in [0.15, 0.2) is 54.9 Å². The number of hydrogen-bond donors (Lipinski definition) is 0. The number of likely N-dealkylation sites (tertiary alicyclic amines) is 1. The highest BCUT2D eigenvalue weighted by atomic mass is 16.2. The van der Waals surface area contributed by atoms with Crippen molar-refractivity contribution in [3.05, 3.63) is 66.0 Å². The summed E-state index contributed by atoms with van der Waals surface area (Å²) >= 11 is 0. The van der Waals surface area contributed by atoms with Gasteiger partial charge in [0.25, 0.3) is 5.91 Å². The molecule has 0 spiro atoms. The first-order valence-electron chi connectivity index (χ1n) is 6.85. The minimum Gasteiger partial charge on any atom is -0.330 e. The SMILES string of the molecule is CC1(C)CN(C(=O)c2ccccc2)C1c1cccnc1. The van der Waals surface area contributed by atoms with Crippen LogP contribution in [-0.2, 0) is 0 Å². The molecule has 0 saturated carbocycles. The molecule has 3 rings (SSSR count). The van der Waals surface area contributed by atoms with E-state index in [1.54, 1.807) is 6.20 Å². The summed E-state index contributed by atoms with van der Waals surface area (Å²) in [5.74, 6) is 0.0961. The topological polar surface area (TPSA) is 33.2 Å². The van der Waals surface area contributed by atoms with E-state index < -0.39 is 0 Å². The number of carbonyl (C=O) groups excluding carboxylic acids is 1. The Morgan fingerprint density at radius 1 is 1.20 bits per heavy atom. The Labute approximate surface area is 119 Å². The minimum atomic E-state index is 0.0907. The van der Waals surface area contributed by atoms with E-state index in [0.29, 0.717) is 0 Å². The van der Waals surface area contributed by atoms with Crippen molar-refractivity contribution >= 4 is 5.91 Å². The zero-order chi connectivity index (χ0) is 14.2. The van der Waals surface area contributed by atoms with Crippen LogP contribution in [0.4, 0.5) is 0 Å². The molecule has 2 aromatic rings. The molecule has 1 atom stereocenters. The highest BCUT2D eigenvalue weighted by molar-refractivity contribution is 5.95. The van der Waals surface area contributed by atoms with Crippen molar-refractivity contribution in [2.24, 2.45) is 5.41 Å². The van der Waals surface area contributed by atoms with E-state index >= 15 is 0 Å². The molecule has 2 heterocycles. The van der Waals surface area contributed by atoms with Gasteiger partial charge in [-0.15, -0.1) is 0 Å². The summed E-state index contributed by atoms with van der Waals surface area (Å²) in [5, 5.41) is 0. The van der Waals surface area contributed by atoms with Gasteiger partial charge < -0.3 is 4.90 Å². The third-order valence-corrected chi connectivity index (χ3v) is 3.91. The molecule has 102 valence electrons. The maximum absolute atomic E-state index is 12.6. The molecular formula is C17H18N2O. The number of pyridine rings is 1. The third kappa shape index (κ3) is 2.09. The molecule has 1 saturated heterocycles. The van der Waals surface area contributed by atoms with Crippen LogP contribution in [0.5, 0.6) is 0 Å². The lowest BCUT2D eigenvalue weighted by atomic mass is 9.71. The summed E-state index contributed by atoms with van der Waals surface area (Å²) in [6, 6.07) is 13.5. The highest BCUT2D eigenvalue weighted by Crippen LogP contribution is 2.48. The number of hydrogen-bond acceptors (Lipinski definition) is 2. The van der Waals surface area contributed by atoms with E-state index in [4.69, 9.17) is 0 Å². The predicted molar refractivity (Wildman–Crippen MR) is 78.2 cm³/mol. The zero-order valence-electron chi connectivity index (χ0n) is 11.8. The quantitative estimate of drug-likeness (QED) is 0.835. The van der Waals surface area contributed by atoms with Gasteiger partial charge in [0.05, 0.1) is 6.04 Å². The van der Waals surface area contributed by atoms with Crippen LogP contribution in [0.3, 0.4) is 0 Å². The second-order valence-corrected chi connectivity index (χ2v) is 5.98. The second-order valence-electron chi connectivity index (χ2n) is 5.98. The van der Waals surface area contributed by atoms with Crippen LogP contribution < -0.4 is 0 Å². The Kier molecular flexibility index (Phi) is 3.05. The summed E-state index contributed by atoms with van der Waals surface area (Å²) in [5.41, 5.74) is 1.94. The van der Waals surface area contributed by atoms with E-state index in [2.05, 4.69) is 18.8 Å². The van der Waals surface area contributed by atoms with E-state index in [1.165, 1.54) is 0 Å². The fraction of sp³-hybridized carbons (Fsp3) is 0.294. The van der Waals surface area contributed by atoms with Gasteiger partial charge in [-0.25, -0.2) is 0 Å². The van der Waals surface area contributed by atoms with Gasteiger partial charge in [-0.05, 0) is 23.8 Å². The Morgan fingerprint density at radius 3 is 2.55 bits per heavy atom. The lowest BCUT2D eigenvalue weighted by molar-refractivity contribution is -0.0324. The molecule has 1 aromatic heterocycles. The number of benzene rings is 1. The minimum absolute atomic E-state index is 0.0907. The molecule has 0 N–H and O–H groups in total. The largest absolute Gasteiger partial charge is 0.330 e. The molecule has 0 aliphatic carbocycles. The lowest BCUT2D eigenvalue weighted by Crippen LogP contribution is -2.57. The second kappa shape index (κ2) is 4.75. The molecule has 1 aromatic carbocycles. The average molecular weight is 266 g/mol. The number of aromatic nitrogens is 1. The van der Waals surface area contributed by atoms with Crippen LogP contribution >= 0.6 is 0 Å². The highest BCUT2D eigenvalue weighted by Gasteiger charge is 2.48. The van der Waals surface area contributed by atoms with E-state index in [1.807, 2.05) is 53.6 Å². The smallest absolute Gasteiger partial charge is 0.254 e. The van der Waals surface area contributed by atoms with Gasteiger partial charge in [0.15, 0.2) is 0 Å². The van der Waals surface area contributed by atoms with Crippen molar-refractivity contribution in [1.82, 2.24) is 9.88 Å². The molecule has 3 nitrogen and oxygen atoms in total. The monoisotopic (exact) mass is 266 g/mol. The molecular weight excluding hydrogens is 248 g/mol. The van der Waals surface area contributed by atoms with Gasteiger partial charge in [0.2, 0.25) is 0 Å². The zero-order valence-corrected chi connectivity index (χ0v) is 11.8. The van der Waals surface area contributed by atoms with E-state index in [0.717, 1.165) is 17.7 Å². The first-order chi connectivity index (χ1) is 9.59. The van der Waals surface area contributed by atoms with Gasteiger partial charge in [0.1, 0.15) is 0 Å². The maximum atomic E-state index is 12.6. The van der Waals surface area contributed by atoms with Gasteiger partial charge in [-0.2, -0.15) is 0 Å². The molecule has 1 aliphatic rings. The number of rotatable bonds is 2. The van der Waals surface area contributed by atoms with Crippen LogP contribution in [0.2, 0.25) is 0 Å². The normalized spacial score (nSPS) is 20.3. The van der Waals surface area contributed by atoms with Crippen molar-refractivity contribution in [1.29, 1.82) is 0 Å². The Bertz CT molecular complexity index is 607. The Balaban J connectivity index is 1.90. The van der Waals surface area contributed by atoms with Crippen molar-refractivity contribution in [2.75, 3.05) is 6.54 Å². The van der Waals surface area contributed by atoms with E-state index in [9.17, 15) is 4.79 Å². The molecule has 0 radical (unpaired) electrons. The molecule has 20 heavy (non-hydrogen) atoms.